The van der Waals surface area contributed by atoms with E-state index in [1.165, 1.54) is 0 Å². The van der Waals surface area contributed by atoms with Gasteiger partial charge in [0.05, 0.1) is 26.0 Å². The summed E-state index contributed by atoms with van der Waals surface area (Å²) in [5.74, 6) is -0.276. The summed E-state index contributed by atoms with van der Waals surface area (Å²) in [7, 11) is 1.61. The van der Waals surface area contributed by atoms with E-state index in [2.05, 4.69) is 9.97 Å². The van der Waals surface area contributed by atoms with E-state index in [0.717, 1.165) is 6.20 Å². The van der Waals surface area contributed by atoms with Crippen LogP contribution in [0.15, 0.2) is 6.20 Å². The van der Waals surface area contributed by atoms with Crippen LogP contribution >= 0.6 is 11.6 Å². The van der Waals surface area contributed by atoms with Crippen LogP contribution in [-0.2, 0) is 9.47 Å². The van der Waals surface area contributed by atoms with Crippen molar-refractivity contribution in [3.63, 3.8) is 0 Å². The smallest absolute Gasteiger partial charge is 0.224 e. The Labute approximate surface area is 110 Å². The molecule has 1 atom stereocenters. The number of methoxy groups -OCH3 is 1. The van der Waals surface area contributed by atoms with Crippen molar-refractivity contribution in [3.8, 4) is 0 Å². The summed E-state index contributed by atoms with van der Waals surface area (Å²) in [6.45, 7) is 3.89. The summed E-state index contributed by atoms with van der Waals surface area (Å²) in [5.41, 5.74) is -0.475. The molecule has 1 aliphatic rings. The van der Waals surface area contributed by atoms with E-state index in [4.69, 9.17) is 21.1 Å². The monoisotopic (exact) mass is 275 g/mol. The van der Waals surface area contributed by atoms with Gasteiger partial charge in [0.2, 0.25) is 5.28 Å². The van der Waals surface area contributed by atoms with Crippen LogP contribution in [0.25, 0.3) is 0 Å². The van der Waals surface area contributed by atoms with Crippen molar-refractivity contribution < 1.29 is 13.9 Å². The predicted molar refractivity (Wildman–Crippen MR) is 65.4 cm³/mol. The molecule has 0 aliphatic carbocycles. The number of hydrogen-bond acceptors (Lipinski definition) is 5. The average molecular weight is 276 g/mol. The lowest BCUT2D eigenvalue weighted by Gasteiger charge is -2.40. The minimum absolute atomic E-state index is 0.0336. The number of anilines is 1. The number of halogens is 2. The van der Waals surface area contributed by atoms with Crippen LogP contribution in [0, 0.1) is 5.82 Å². The van der Waals surface area contributed by atoms with Gasteiger partial charge in [-0.1, -0.05) is 0 Å². The van der Waals surface area contributed by atoms with Gasteiger partial charge in [0.25, 0.3) is 0 Å². The Hall–Kier alpha value is -0.980. The lowest BCUT2D eigenvalue weighted by molar-refractivity contribution is -0.0842. The lowest BCUT2D eigenvalue weighted by Crippen LogP contribution is -2.53. The molecule has 1 saturated heterocycles. The quantitative estimate of drug-likeness (QED) is 0.783. The van der Waals surface area contributed by atoms with Crippen molar-refractivity contribution in [2.45, 2.75) is 12.5 Å². The molecule has 0 saturated carbocycles. The molecule has 7 heteroatoms. The predicted octanol–water partition coefficient (Wildman–Crippen LogP) is 1.51. The SMILES string of the molecule is COCC1(C)CN(c2nc(Cl)ncc2F)CCO1. The number of morpholine rings is 1. The first-order valence-electron chi connectivity index (χ1n) is 5.60. The van der Waals surface area contributed by atoms with Crippen LogP contribution < -0.4 is 4.90 Å². The molecule has 18 heavy (non-hydrogen) atoms. The Morgan fingerprint density at radius 2 is 2.44 bits per heavy atom. The first-order chi connectivity index (χ1) is 8.54. The fourth-order valence-corrected chi connectivity index (χ4v) is 2.19. The van der Waals surface area contributed by atoms with Crippen LogP contribution in [0.3, 0.4) is 0 Å². The standard InChI is InChI=1S/C11H15ClFN3O2/c1-11(7-17-2)6-16(3-4-18-11)9-8(13)5-14-10(12)15-9/h5H,3-4,6-7H2,1-2H3. The molecule has 1 fully saturated rings. The topological polar surface area (TPSA) is 47.5 Å². The second-order valence-electron chi connectivity index (χ2n) is 4.46. The second kappa shape index (κ2) is 5.34. The van der Waals surface area contributed by atoms with Crippen molar-refractivity contribution in [2.24, 2.45) is 0 Å². The maximum Gasteiger partial charge on any atom is 0.224 e. The van der Waals surface area contributed by atoms with E-state index in [9.17, 15) is 4.39 Å². The van der Waals surface area contributed by atoms with Crippen LogP contribution in [0.5, 0.6) is 0 Å². The van der Waals surface area contributed by atoms with Crippen LogP contribution in [-0.4, -0.2) is 49.0 Å². The Kier molecular flexibility index (Phi) is 3.99. The van der Waals surface area contributed by atoms with Crippen LogP contribution in [0.2, 0.25) is 5.28 Å². The van der Waals surface area contributed by atoms with Gasteiger partial charge in [0, 0.05) is 13.7 Å². The number of rotatable bonds is 3. The Bertz CT molecular complexity index is 431. The summed E-state index contributed by atoms with van der Waals surface area (Å²) in [6.07, 6.45) is 1.08. The first-order valence-corrected chi connectivity index (χ1v) is 5.98. The highest BCUT2D eigenvalue weighted by Gasteiger charge is 2.33. The molecule has 1 unspecified atom stereocenters. The van der Waals surface area contributed by atoms with Gasteiger partial charge >= 0.3 is 0 Å². The Balaban J connectivity index is 2.20. The highest BCUT2D eigenvalue weighted by atomic mass is 35.5. The molecule has 0 aromatic carbocycles. The van der Waals surface area contributed by atoms with Gasteiger partial charge in [-0.25, -0.2) is 9.37 Å². The van der Waals surface area contributed by atoms with E-state index in [1.54, 1.807) is 12.0 Å². The molecule has 2 rings (SSSR count). The maximum absolute atomic E-state index is 13.7. The first kappa shape index (κ1) is 13.5. The van der Waals surface area contributed by atoms with E-state index in [0.29, 0.717) is 26.3 Å². The molecule has 1 aromatic heterocycles. The summed E-state index contributed by atoms with van der Waals surface area (Å²) in [4.78, 5) is 9.33. The third kappa shape index (κ3) is 2.88. The van der Waals surface area contributed by atoms with Crippen LogP contribution in [0.4, 0.5) is 10.2 Å². The van der Waals surface area contributed by atoms with E-state index in [-0.39, 0.29) is 11.1 Å². The van der Waals surface area contributed by atoms with Gasteiger partial charge in [-0.15, -0.1) is 0 Å². The highest BCUT2D eigenvalue weighted by molar-refractivity contribution is 6.28. The van der Waals surface area contributed by atoms with Gasteiger partial charge in [0.1, 0.15) is 5.60 Å². The minimum atomic E-state index is -0.485. The molecular weight excluding hydrogens is 261 g/mol. The summed E-state index contributed by atoms with van der Waals surface area (Å²) in [6, 6.07) is 0. The molecule has 0 N–H and O–H groups in total. The molecule has 100 valence electrons. The van der Waals surface area contributed by atoms with Crippen molar-refractivity contribution in [1.82, 2.24) is 9.97 Å². The van der Waals surface area contributed by atoms with Crippen molar-refractivity contribution in [3.05, 3.63) is 17.3 Å². The highest BCUT2D eigenvalue weighted by Crippen LogP contribution is 2.24. The minimum Gasteiger partial charge on any atom is -0.382 e. The zero-order valence-electron chi connectivity index (χ0n) is 10.3. The fraction of sp³-hybridized carbons (Fsp3) is 0.636. The third-order valence-corrected chi connectivity index (χ3v) is 2.96. The fourth-order valence-electron chi connectivity index (χ4n) is 2.06. The normalized spacial score (nSPS) is 24.3. The van der Waals surface area contributed by atoms with E-state index < -0.39 is 11.4 Å². The molecular formula is C11H15ClFN3O2. The molecule has 0 amide bonds. The van der Waals surface area contributed by atoms with Gasteiger partial charge in [-0.3, -0.25) is 0 Å². The zero-order valence-corrected chi connectivity index (χ0v) is 11.1. The molecule has 0 spiro atoms. The van der Waals surface area contributed by atoms with Gasteiger partial charge in [-0.05, 0) is 18.5 Å². The molecule has 1 aromatic rings. The van der Waals surface area contributed by atoms with Crippen molar-refractivity contribution >= 4 is 17.4 Å². The summed E-state index contributed by atoms with van der Waals surface area (Å²) >= 11 is 5.70. The average Bonchev–Trinajstić information content (AvgIpc) is 2.32. The molecule has 0 radical (unpaired) electrons. The number of hydrogen-bond donors (Lipinski definition) is 0. The Morgan fingerprint density at radius 3 is 3.17 bits per heavy atom. The van der Waals surface area contributed by atoms with Gasteiger partial charge in [-0.2, -0.15) is 4.98 Å². The maximum atomic E-state index is 13.7. The molecule has 0 bridgehead atoms. The van der Waals surface area contributed by atoms with Gasteiger partial charge in [0.15, 0.2) is 11.6 Å². The molecule has 2 heterocycles. The number of ether oxygens (including phenoxy) is 2. The second-order valence-corrected chi connectivity index (χ2v) is 4.80. The van der Waals surface area contributed by atoms with E-state index >= 15 is 0 Å². The van der Waals surface area contributed by atoms with Crippen molar-refractivity contribution in [1.29, 1.82) is 0 Å². The summed E-state index contributed by atoms with van der Waals surface area (Å²) < 4.78 is 24.5. The summed E-state index contributed by atoms with van der Waals surface area (Å²) in [5, 5.41) is 0.0336. The van der Waals surface area contributed by atoms with E-state index in [1.807, 2.05) is 6.92 Å². The van der Waals surface area contributed by atoms with Gasteiger partial charge < -0.3 is 14.4 Å². The number of aromatic nitrogens is 2. The largest absolute Gasteiger partial charge is 0.382 e. The lowest BCUT2D eigenvalue weighted by atomic mass is 10.1. The van der Waals surface area contributed by atoms with Crippen LogP contribution in [0.1, 0.15) is 6.92 Å². The number of nitrogens with zero attached hydrogens (tertiary/aromatic N) is 3. The third-order valence-electron chi connectivity index (χ3n) is 2.78. The zero-order chi connectivity index (χ0) is 13.2. The molecule has 1 aliphatic heterocycles. The van der Waals surface area contributed by atoms with Crippen molar-refractivity contribution in [2.75, 3.05) is 38.3 Å². The molecule has 5 nitrogen and oxygen atoms in total. The Morgan fingerprint density at radius 1 is 1.67 bits per heavy atom.